The molecule has 0 aromatic rings. The first-order chi connectivity index (χ1) is 7.53. The van der Waals surface area contributed by atoms with E-state index in [0.29, 0.717) is 12.5 Å². The molecule has 2 atom stereocenters. The van der Waals surface area contributed by atoms with E-state index in [2.05, 4.69) is 24.2 Å². The van der Waals surface area contributed by atoms with E-state index in [4.69, 9.17) is 0 Å². The van der Waals surface area contributed by atoms with Crippen LogP contribution in [0.1, 0.15) is 32.6 Å². The summed E-state index contributed by atoms with van der Waals surface area (Å²) in [6, 6.07) is 0.344. The van der Waals surface area contributed by atoms with E-state index in [0.717, 1.165) is 25.4 Å². The summed E-state index contributed by atoms with van der Waals surface area (Å²) < 4.78 is 0. The van der Waals surface area contributed by atoms with Gasteiger partial charge in [-0.05, 0) is 52.1 Å². The molecule has 4 heteroatoms. The Morgan fingerprint density at radius 3 is 2.75 bits per heavy atom. The molecule has 2 fully saturated rings. The van der Waals surface area contributed by atoms with Crippen LogP contribution in [-0.4, -0.2) is 47.7 Å². The molecule has 0 aromatic carbocycles. The lowest BCUT2D eigenvalue weighted by Gasteiger charge is -2.42. The zero-order chi connectivity index (χ0) is 11.8. The first-order valence-corrected chi connectivity index (χ1v) is 6.22. The van der Waals surface area contributed by atoms with Gasteiger partial charge in [-0.15, -0.1) is 0 Å². The van der Waals surface area contributed by atoms with Crippen LogP contribution >= 0.6 is 0 Å². The molecule has 1 saturated carbocycles. The average molecular weight is 226 g/mol. The summed E-state index contributed by atoms with van der Waals surface area (Å²) in [6.45, 7) is 3.85. The number of carboxylic acid groups (broad SMARTS) is 1. The third-order valence-electron chi connectivity index (χ3n) is 4.12. The van der Waals surface area contributed by atoms with E-state index in [-0.39, 0.29) is 0 Å². The van der Waals surface area contributed by atoms with E-state index in [1.807, 2.05) is 0 Å². The molecule has 0 radical (unpaired) electrons. The zero-order valence-electron chi connectivity index (χ0n) is 10.2. The van der Waals surface area contributed by atoms with Crippen LogP contribution in [0.25, 0.3) is 0 Å². The highest BCUT2D eigenvalue weighted by Crippen LogP contribution is 2.31. The predicted molar refractivity (Wildman–Crippen MR) is 62.4 cm³/mol. The Morgan fingerprint density at radius 1 is 1.56 bits per heavy atom. The van der Waals surface area contributed by atoms with Crippen LogP contribution in [0, 0.1) is 5.92 Å². The minimum absolute atomic E-state index is 0.344. The van der Waals surface area contributed by atoms with Crippen molar-refractivity contribution in [2.45, 2.75) is 44.2 Å². The Bertz CT molecular complexity index is 278. The highest BCUT2D eigenvalue weighted by Gasteiger charge is 2.43. The molecule has 1 aliphatic heterocycles. The van der Waals surface area contributed by atoms with Gasteiger partial charge in [0.2, 0.25) is 0 Å². The zero-order valence-corrected chi connectivity index (χ0v) is 10.2. The Labute approximate surface area is 97.0 Å². The van der Waals surface area contributed by atoms with Crippen LogP contribution in [0.2, 0.25) is 0 Å². The molecule has 0 spiro atoms. The van der Waals surface area contributed by atoms with Crippen molar-refractivity contribution < 1.29 is 9.90 Å². The second-order valence-corrected chi connectivity index (χ2v) is 5.50. The van der Waals surface area contributed by atoms with Gasteiger partial charge < -0.3 is 15.3 Å². The molecule has 1 saturated heterocycles. The number of aliphatic carboxylic acids is 1. The molecule has 1 heterocycles. The van der Waals surface area contributed by atoms with Crippen LogP contribution in [0.3, 0.4) is 0 Å². The highest BCUT2D eigenvalue weighted by atomic mass is 16.4. The number of piperidine rings is 1. The second kappa shape index (κ2) is 4.34. The van der Waals surface area contributed by atoms with Gasteiger partial charge in [-0.25, -0.2) is 0 Å². The molecule has 1 aliphatic carbocycles. The fraction of sp³-hybridized carbons (Fsp3) is 0.917. The topological polar surface area (TPSA) is 52.6 Å². The summed E-state index contributed by atoms with van der Waals surface area (Å²) in [6.07, 6.45) is 3.96. The maximum atomic E-state index is 11.5. The van der Waals surface area contributed by atoms with Crippen molar-refractivity contribution >= 4 is 5.97 Å². The number of carbonyl (C=O) groups is 1. The molecule has 2 aliphatic rings. The van der Waals surface area contributed by atoms with Gasteiger partial charge in [-0.1, -0.05) is 0 Å². The lowest BCUT2D eigenvalue weighted by molar-refractivity contribution is -0.148. The molecule has 92 valence electrons. The highest BCUT2D eigenvalue weighted by molar-refractivity contribution is 5.79. The number of hydrogen-bond acceptors (Lipinski definition) is 3. The van der Waals surface area contributed by atoms with Crippen LogP contribution in [-0.2, 0) is 4.79 Å². The van der Waals surface area contributed by atoms with Crippen LogP contribution < -0.4 is 5.32 Å². The third-order valence-corrected chi connectivity index (χ3v) is 4.12. The Balaban J connectivity index is 1.99. The van der Waals surface area contributed by atoms with Gasteiger partial charge in [0.15, 0.2) is 0 Å². The van der Waals surface area contributed by atoms with Crippen molar-refractivity contribution in [1.29, 1.82) is 0 Å². The minimum atomic E-state index is -0.673. The molecule has 0 amide bonds. The van der Waals surface area contributed by atoms with Crippen molar-refractivity contribution in [1.82, 2.24) is 10.2 Å². The monoisotopic (exact) mass is 226 g/mol. The normalized spacial score (nSPS) is 36.2. The predicted octanol–water partition coefficient (Wildman–Crippen LogP) is 0.924. The fourth-order valence-electron chi connectivity index (χ4n) is 2.44. The smallest absolute Gasteiger partial charge is 0.324 e. The van der Waals surface area contributed by atoms with Crippen molar-refractivity contribution in [3.8, 4) is 0 Å². The maximum Gasteiger partial charge on any atom is 0.324 e. The van der Waals surface area contributed by atoms with E-state index in [1.165, 1.54) is 12.8 Å². The lowest BCUT2D eigenvalue weighted by atomic mass is 9.83. The minimum Gasteiger partial charge on any atom is -0.480 e. The average Bonchev–Trinajstić information content (AvgIpc) is 3.03. The van der Waals surface area contributed by atoms with E-state index in [9.17, 15) is 9.90 Å². The largest absolute Gasteiger partial charge is 0.480 e. The summed E-state index contributed by atoms with van der Waals surface area (Å²) in [4.78, 5) is 13.7. The molecule has 0 bridgehead atoms. The Kier molecular flexibility index (Phi) is 3.22. The summed E-state index contributed by atoms with van der Waals surface area (Å²) in [7, 11) is 2.07. The number of nitrogens with one attached hydrogen (secondary N) is 1. The quantitative estimate of drug-likeness (QED) is 0.748. The molecule has 2 unspecified atom stereocenters. The van der Waals surface area contributed by atoms with Crippen LogP contribution in [0.5, 0.6) is 0 Å². The lowest BCUT2D eigenvalue weighted by Crippen LogP contribution is -2.60. The maximum absolute atomic E-state index is 11.5. The van der Waals surface area contributed by atoms with Crippen LogP contribution in [0.4, 0.5) is 0 Å². The molecular formula is C12H22N2O2. The third kappa shape index (κ3) is 2.38. The Hall–Kier alpha value is -0.610. The van der Waals surface area contributed by atoms with E-state index in [1.54, 1.807) is 0 Å². The van der Waals surface area contributed by atoms with Gasteiger partial charge in [0.1, 0.15) is 5.54 Å². The molecule has 2 rings (SSSR count). The molecule has 16 heavy (non-hydrogen) atoms. The summed E-state index contributed by atoms with van der Waals surface area (Å²) in [5, 5.41) is 12.8. The van der Waals surface area contributed by atoms with E-state index >= 15 is 0 Å². The van der Waals surface area contributed by atoms with Gasteiger partial charge in [-0.3, -0.25) is 4.79 Å². The van der Waals surface area contributed by atoms with Gasteiger partial charge in [0.25, 0.3) is 0 Å². The number of carboxylic acids is 1. The second-order valence-electron chi connectivity index (χ2n) is 5.50. The standard InChI is InChI=1S/C12H22N2O2/c1-9-7-12(11(15)16,5-6-14(9)2)13-8-10-3-4-10/h9-10,13H,3-8H2,1-2H3,(H,15,16). The van der Waals surface area contributed by atoms with Crippen molar-refractivity contribution in [2.75, 3.05) is 20.1 Å². The number of likely N-dealkylation sites (tertiary alicyclic amines) is 1. The number of nitrogens with zero attached hydrogens (tertiary/aromatic N) is 1. The van der Waals surface area contributed by atoms with Gasteiger partial charge in [-0.2, -0.15) is 0 Å². The molecule has 4 nitrogen and oxygen atoms in total. The molecule has 2 N–H and O–H groups in total. The van der Waals surface area contributed by atoms with Gasteiger partial charge >= 0.3 is 5.97 Å². The van der Waals surface area contributed by atoms with Gasteiger partial charge in [0.05, 0.1) is 0 Å². The Morgan fingerprint density at radius 2 is 2.25 bits per heavy atom. The first kappa shape index (κ1) is 11.9. The molecular weight excluding hydrogens is 204 g/mol. The molecule has 0 aromatic heterocycles. The summed E-state index contributed by atoms with van der Waals surface area (Å²) in [5.74, 6) is 0.0549. The van der Waals surface area contributed by atoms with E-state index < -0.39 is 11.5 Å². The fourth-order valence-corrected chi connectivity index (χ4v) is 2.44. The van der Waals surface area contributed by atoms with Gasteiger partial charge in [0, 0.05) is 12.6 Å². The van der Waals surface area contributed by atoms with Crippen LogP contribution in [0.15, 0.2) is 0 Å². The first-order valence-electron chi connectivity index (χ1n) is 6.22. The van der Waals surface area contributed by atoms with Crippen molar-refractivity contribution in [2.24, 2.45) is 5.92 Å². The van der Waals surface area contributed by atoms with Crippen molar-refractivity contribution in [3.05, 3.63) is 0 Å². The summed E-state index contributed by atoms with van der Waals surface area (Å²) in [5.41, 5.74) is -0.672. The summed E-state index contributed by atoms with van der Waals surface area (Å²) >= 11 is 0. The number of hydrogen-bond donors (Lipinski definition) is 2. The SMILES string of the molecule is CC1CC(NCC2CC2)(C(=O)O)CCN1C. The number of rotatable bonds is 4. The van der Waals surface area contributed by atoms with Crippen molar-refractivity contribution in [3.63, 3.8) is 0 Å².